The molecule has 0 aromatic rings. The van der Waals surface area contributed by atoms with Crippen LogP contribution in [-0.4, -0.2) is 36.1 Å². The number of likely N-dealkylation sites (tertiary alicyclic amines) is 1. The molecule has 3 nitrogen and oxygen atoms in total. The van der Waals surface area contributed by atoms with Crippen LogP contribution >= 0.6 is 0 Å². The molecule has 0 radical (unpaired) electrons. The zero-order valence-electron chi connectivity index (χ0n) is 14.2. The SMILES string of the molecule is CCOC(=O)CC1(N2CCCCC2)CCC(C(C)C)CC1. The van der Waals surface area contributed by atoms with Crippen molar-refractivity contribution in [1.82, 2.24) is 4.90 Å². The van der Waals surface area contributed by atoms with Gasteiger partial charge in [-0.15, -0.1) is 0 Å². The Morgan fingerprint density at radius 3 is 2.33 bits per heavy atom. The van der Waals surface area contributed by atoms with E-state index in [0.717, 1.165) is 11.8 Å². The quantitative estimate of drug-likeness (QED) is 0.718. The Labute approximate surface area is 130 Å². The molecule has 0 N–H and O–H groups in total. The van der Waals surface area contributed by atoms with Gasteiger partial charge in [0.1, 0.15) is 0 Å². The van der Waals surface area contributed by atoms with Crippen LogP contribution in [0.25, 0.3) is 0 Å². The molecule has 0 amide bonds. The van der Waals surface area contributed by atoms with Crippen molar-refractivity contribution in [1.29, 1.82) is 0 Å². The number of piperidine rings is 1. The average Bonchev–Trinajstić information content (AvgIpc) is 2.49. The largest absolute Gasteiger partial charge is 0.466 e. The Kier molecular flexibility index (Phi) is 6.09. The van der Waals surface area contributed by atoms with Gasteiger partial charge in [-0.3, -0.25) is 9.69 Å². The summed E-state index contributed by atoms with van der Waals surface area (Å²) < 4.78 is 5.27. The molecule has 1 saturated carbocycles. The summed E-state index contributed by atoms with van der Waals surface area (Å²) in [4.78, 5) is 14.8. The van der Waals surface area contributed by atoms with Crippen LogP contribution in [0.2, 0.25) is 0 Å². The molecule has 1 heterocycles. The first kappa shape index (κ1) is 16.8. The number of hydrogen-bond acceptors (Lipinski definition) is 3. The Bertz CT molecular complexity index is 326. The van der Waals surface area contributed by atoms with Gasteiger partial charge in [0.15, 0.2) is 0 Å². The molecule has 0 spiro atoms. The third-order valence-corrected chi connectivity index (χ3v) is 5.71. The van der Waals surface area contributed by atoms with Gasteiger partial charge in [0.2, 0.25) is 0 Å². The molecule has 0 aromatic heterocycles. The van der Waals surface area contributed by atoms with Gasteiger partial charge in [-0.2, -0.15) is 0 Å². The third-order valence-electron chi connectivity index (χ3n) is 5.71. The van der Waals surface area contributed by atoms with Gasteiger partial charge < -0.3 is 4.74 Å². The van der Waals surface area contributed by atoms with Crippen LogP contribution in [0.1, 0.15) is 72.1 Å². The summed E-state index contributed by atoms with van der Waals surface area (Å²) in [5, 5.41) is 0. The lowest BCUT2D eigenvalue weighted by molar-refractivity contribution is -0.148. The first-order valence-corrected chi connectivity index (χ1v) is 8.98. The molecule has 0 unspecified atom stereocenters. The van der Waals surface area contributed by atoms with Crippen LogP contribution in [0.4, 0.5) is 0 Å². The lowest BCUT2D eigenvalue weighted by Crippen LogP contribution is -2.54. The van der Waals surface area contributed by atoms with E-state index >= 15 is 0 Å². The van der Waals surface area contributed by atoms with Gasteiger partial charge in [0.05, 0.1) is 13.0 Å². The van der Waals surface area contributed by atoms with Crippen molar-refractivity contribution in [2.24, 2.45) is 11.8 Å². The average molecular weight is 295 g/mol. The molecule has 122 valence electrons. The lowest BCUT2D eigenvalue weighted by atomic mass is 9.70. The van der Waals surface area contributed by atoms with Gasteiger partial charge in [0.25, 0.3) is 0 Å². The highest BCUT2D eigenvalue weighted by molar-refractivity contribution is 5.71. The summed E-state index contributed by atoms with van der Waals surface area (Å²) in [6, 6.07) is 0. The molecule has 1 saturated heterocycles. The maximum absolute atomic E-state index is 12.1. The first-order valence-electron chi connectivity index (χ1n) is 8.98. The van der Waals surface area contributed by atoms with Crippen LogP contribution in [0.3, 0.4) is 0 Å². The van der Waals surface area contributed by atoms with Gasteiger partial charge in [0, 0.05) is 5.54 Å². The molecule has 0 aromatic carbocycles. The van der Waals surface area contributed by atoms with E-state index in [2.05, 4.69) is 18.7 Å². The Morgan fingerprint density at radius 1 is 1.19 bits per heavy atom. The molecule has 2 aliphatic rings. The van der Waals surface area contributed by atoms with Crippen molar-refractivity contribution in [3.63, 3.8) is 0 Å². The second kappa shape index (κ2) is 7.62. The van der Waals surface area contributed by atoms with Gasteiger partial charge in [-0.25, -0.2) is 0 Å². The van der Waals surface area contributed by atoms with E-state index in [1.165, 1.54) is 58.0 Å². The van der Waals surface area contributed by atoms with E-state index in [-0.39, 0.29) is 11.5 Å². The molecule has 3 heteroatoms. The second-order valence-electron chi connectivity index (χ2n) is 7.34. The highest BCUT2D eigenvalue weighted by Gasteiger charge is 2.42. The van der Waals surface area contributed by atoms with E-state index < -0.39 is 0 Å². The van der Waals surface area contributed by atoms with Crippen LogP contribution in [0, 0.1) is 11.8 Å². The van der Waals surface area contributed by atoms with E-state index in [1.807, 2.05) is 6.92 Å². The molecular formula is C18H33NO2. The predicted octanol–water partition coefficient (Wildman–Crippen LogP) is 4.01. The van der Waals surface area contributed by atoms with Crippen molar-refractivity contribution in [2.45, 2.75) is 77.7 Å². The van der Waals surface area contributed by atoms with Crippen LogP contribution in [0.15, 0.2) is 0 Å². The van der Waals surface area contributed by atoms with Crippen LogP contribution in [-0.2, 0) is 9.53 Å². The fraction of sp³-hybridized carbons (Fsp3) is 0.944. The van der Waals surface area contributed by atoms with Crippen molar-refractivity contribution in [3.05, 3.63) is 0 Å². The minimum Gasteiger partial charge on any atom is -0.466 e. The highest BCUT2D eigenvalue weighted by Crippen LogP contribution is 2.42. The molecule has 2 fully saturated rings. The second-order valence-corrected chi connectivity index (χ2v) is 7.34. The van der Waals surface area contributed by atoms with Gasteiger partial charge >= 0.3 is 5.97 Å². The zero-order chi connectivity index (χ0) is 15.3. The van der Waals surface area contributed by atoms with E-state index in [4.69, 9.17) is 4.74 Å². The molecule has 2 rings (SSSR count). The number of ether oxygens (including phenoxy) is 1. The molecule has 0 bridgehead atoms. The molecular weight excluding hydrogens is 262 g/mol. The Hall–Kier alpha value is -0.570. The summed E-state index contributed by atoms with van der Waals surface area (Å²) >= 11 is 0. The minimum absolute atomic E-state index is 0.00562. The van der Waals surface area contributed by atoms with Gasteiger partial charge in [-0.05, 0) is 70.4 Å². The standard InChI is InChI=1S/C18H33NO2/c1-4-21-17(20)14-18(19-12-6-5-7-13-19)10-8-16(9-11-18)15(2)3/h15-16H,4-14H2,1-3H3. The normalized spacial score (nSPS) is 31.3. The van der Waals surface area contributed by atoms with Crippen molar-refractivity contribution in [3.8, 4) is 0 Å². The Balaban J connectivity index is 2.05. The monoisotopic (exact) mass is 295 g/mol. The first-order chi connectivity index (χ1) is 10.1. The summed E-state index contributed by atoms with van der Waals surface area (Å²) in [7, 11) is 0. The van der Waals surface area contributed by atoms with Crippen molar-refractivity contribution in [2.75, 3.05) is 19.7 Å². The smallest absolute Gasteiger partial charge is 0.307 e. The molecule has 1 aliphatic carbocycles. The fourth-order valence-corrected chi connectivity index (χ4v) is 4.30. The molecule has 1 aliphatic heterocycles. The van der Waals surface area contributed by atoms with Gasteiger partial charge in [-0.1, -0.05) is 20.3 Å². The van der Waals surface area contributed by atoms with Crippen LogP contribution < -0.4 is 0 Å². The third kappa shape index (κ3) is 4.21. The van der Waals surface area contributed by atoms with E-state index in [9.17, 15) is 4.79 Å². The number of rotatable bonds is 5. The van der Waals surface area contributed by atoms with Crippen LogP contribution in [0.5, 0.6) is 0 Å². The number of carbonyl (C=O) groups excluding carboxylic acids is 1. The summed E-state index contributed by atoms with van der Waals surface area (Å²) in [5.74, 6) is 1.61. The predicted molar refractivity (Wildman–Crippen MR) is 86.2 cm³/mol. The highest BCUT2D eigenvalue weighted by atomic mass is 16.5. The summed E-state index contributed by atoms with van der Waals surface area (Å²) in [6.07, 6.45) is 9.42. The number of nitrogens with zero attached hydrogens (tertiary/aromatic N) is 1. The lowest BCUT2D eigenvalue weighted by Gasteiger charge is -2.49. The van der Waals surface area contributed by atoms with Crippen molar-refractivity contribution < 1.29 is 9.53 Å². The Morgan fingerprint density at radius 2 is 1.81 bits per heavy atom. The summed E-state index contributed by atoms with van der Waals surface area (Å²) in [6.45, 7) is 9.43. The van der Waals surface area contributed by atoms with Crippen molar-refractivity contribution >= 4 is 5.97 Å². The maximum Gasteiger partial charge on any atom is 0.307 e. The van der Waals surface area contributed by atoms with E-state index in [1.54, 1.807) is 0 Å². The summed E-state index contributed by atoms with van der Waals surface area (Å²) in [5.41, 5.74) is 0.0953. The number of esters is 1. The minimum atomic E-state index is 0.00562. The number of carbonyl (C=O) groups is 1. The molecule has 21 heavy (non-hydrogen) atoms. The number of hydrogen-bond donors (Lipinski definition) is 0. The topological polar surface area (TPSA) is 29.5 Å². The maximum atomic E-state index is 12.1. The fourth-order valence-electron chi connectivity index (χ4n) is 4.30. The van der Waals surface area contributed by atoms with E-state index in [0.29, 0.717) is 13.0 Å². The zero-order valence-corrected chi connectivity index (χ0v) is 14.2. The molecule has 0 atom stereocenters.